The Bertz CT molecular complexity index is 502. The van der Waals surface area contributed by atoms with Gasteiger partial charge in [-0.05, 0) is 24.8 Å². The SMILES string of the molecule is CCCNC(=O)CCNC(=NC)NCC(C)c1ccc(C)cc1.I. The minimum Gasteiger partial charge on any atom is -0.356 e. The molecule has 0 aliphatic rings. The molecular weight excluding hydrogens is 415 g/mol. The van der Waals surface area contributed by atoms with Crippen molar-refractivity contribution in [3.63, 3.8) is 0 Å². The van der Waals surface area contributed by atoms with Gasteiger partial charge in [0.05, 0.1) is 0 Å². The van der Waals surface area contributed by atoms with Crippen LogP contribution in [0.5, 0.6) is 0 Å². The molecule has 3 N–H and O–H groups in total. The van der Waals surface area contributed by atoms with Crippen LogP contribution in [0, 0.1) is 6.92 Å². The minimum atomic E-state index is 0. The van der Waals surface area contributed by atoms with Gasteiger partial charge < -0.3 is 16.0 Å². The Labute approximate surface area is 163 Å². The average molecular weight is 446 g/mol. The zero-order valence-electron chi connectivity index (χ0n) is 15.2. The van der Waals surface area contributed by atoms with Gasteiger partial charge in [0, 0.05) is 33.1 Å². The van der Waals surface area contributed by atoms with Gasteiger partial charge in [-0.15, -0.1) is 24.0 Å². The number of rotatable bonds is 8. The van der Waals surface area contributed by atoms with Crippen LogP contribution in [0.4, 0.5) is 0 Å². The molecule has 0 aliphatic carbocycles. The Hall–Kier alpha value is -1.31. The number of carbonyl (C=O) groups excluding carboxylic acids is 1. The van der Waals surface area contributed by atoms with E-state index in [-0.39, 0.29) is 29.9 Å². The first-order valence-corrected chi connectivity index (χ1v) is 8.34. The number of nitrogens with zero attached hydrogens (tertiary/aromatic N) is 1. The van der Waals surface area contributed by atoms with Gasteiger partial charge in [0.1, 0.15) is 0 Å². The van der Waals surface area contributed by atoms with Crippen LogP contribution in [0.3, 0.4) is 0 Å². The molecule has 0 saturated carbocycles. The van der Waals surface area contributed by atoms with Gasteiger partial charge in [0.25, 0.3) is 0 Å². The number of carbonyl (C=O) groups is 1. The molecule has 1 aromatic carbocycles. The summed E-state index contributed by atoms with van der Waals surface area (Å²) in [4.78, 5) is 15.7. The molecule has 136 valence electrons. The molecule has 0 radical (unpaired) electrons. The molecule has 0 heterocycles. The Balaban J connectivity index is 0.00000529. The van der Waals surface area contributed by atoms with Crippen molar-refractivity contribution in [2.45, 2.75) is 39.5 Å². The highest BCUT2D eigenvalue weighted by Crippen LogP contribution is 2.14. The van der Waals surface area contributed by atoms with Gasteiger partial charge in [-0.25, -0.2) is 0 Å². The lowest BCUT2D eigenvalue weighted by Gasteiger charge is -2.16. The molecule has 1 atom stereocenters. The Morgan fingerprint density at radius 1 is 1.12 bits per heavy atom. The summed E-state index contributed by atoms with van der Waals surface area (Å²) in [7, 11) is 1.74. The highest BCUT2D eigenvalue weighted by molar-refractivity contribution is 14.0. The van der Waals surface area contributed by atoms with E-state index in [0.717, 1.165) is 25.5 Å². The van der Waals surface area contributed by atoms with E-state index < -0.39 is 0 Å². The predicted molar refractivity (Wildman–Crippen MR) is 112 cm³/mol. The normalized spacial score (nSPS) is 12.1. The van der Waals surface area contributed by atoms with Crippen molar-refractivity contribution in [3.8, 4) is 0 Å². The molecule has 0 saturated heterocycles. The molecule has 24 heavy (non-hydrogen) atoms. The third-order valence-electron chi connectivity index (χ3n) is 3.66. The maximum atomic E-state index is 11.5. The molecule has 0 aromatic heterocycles. The number of aryl methyl sites for hydroxylation is 1. The molecule has 0 bridgehead atoms. The first-order chi connectivity index (χ1) is 11.1. The van der Waals surface area contributed by atoms with Crippen molar-refractivity contribution >= 4 is 35.8 Å². The van der Waals surface area contributed by atoms with Crippen LogP contribution in [-0.2, 0) is 4.79 Å². The Morgan fingerprint density at radius 2 is 1.79 bits per heavy atom. The fraction of sp³-hybridized carbons (Fsp3) is 0.556. The van der Waals surface area contributed by atoms with Crippen molar-refractivity contribution in [1.82, 2.24) is 16.0 Å². The van der Waals surface area contributed by atoms with Crippen LogP contribution in [-0.4, -0.2) is 38.5 Å². The van der Waals surface area contributed by atoms with Crippen molar-refractivity contribution < 1.29 is 4.79 Å². The van der Waals surface area contributed by atoms with Gasteiger partial charge >= 0.3 is 0 Å². The highest BCUT2D eigenvalue weighted by Gasteiger charge is 2.07. The predicted octanol–water partition coefficient (Wildman–Crippen LogP) is 2.80. The Morgan fingerprint density at radius 3 is 2.38 bits per heavy atom. The van der Waals surface area contributed by atoms with Crippen LogP contribution >= 0.6 is 24.0 Å². The van der Waals surface area contributed by atoms with E-state index in [2.05, 4.69) is 59.1 Å². The number of halogens is 1. The summed E-state index contributed by atoms with van der Waals surface area (Å²) in [5.41, 5.74) is 2.57. The summed E-state index contributed by atoms with van der Waals surface area (Å²) < 4.78 is 0. The van der Waals surface area contributed by atoms with Crippen molar-refractivity contribution in [3.05, 3.63) is 35.4 Å². The first kappa shape index (κ1) is 22.7. The van der Waals surface area contributed by atoms with Crippen molar-refractivity contribution in [1.29, 1.82) is 0 Å². The van der Waals surface area contributed by atoms with Crippen LogP contribution in [0.2, 0.25) is 0 Å². The van der Waals surface area contributed by atoms with Crippen LogP contribution in [0.25, 0.3) is 0 Å². The monoisotopic (exact) mass is 446 g/mol. The summed E-state index contributed by atoms with van der Waals surface area (Å²) in [6, 6.07) is 8.59. The number of amides is 1. The molecule has 1 rings (SSSR count). The topological polar surface area (TPSA) is 65.5 Å². The summed E-state index contributed by atoms with van der Waals surface area (Å²) in [6.07, 6.45) is 1.41. The van der Waals surface area contributed by atoms with Crippen molar-refractivity contribution in [2.24, 2.45) is 4.99 Å². The molecule has 1 amide bonds. The van der Waals surface area contributed by atoms with Crippen LogP contribution < -0.4 is 16.0 Å². The van der Waals surface area contributed by atoms with Crippen LogP contribution in [0.1, 0.15) is 43.7 Å². The lowest BCUT2D eigenvalue weighted by Crippen LogP contribution is -2.40. The molecule has 1 aromatic rings. The van der Waals surface area contributed by atoms with Gasteiger partial charge in [-0.1, -0.05) is 43.7 Å². The number of benzene rings is 1. The smallest absolute Gasteiger partial charge is 0.221 e. The second-order valence-electron chi connectivity index (χ2n) is 5.79. The number of nitrogens with one attached hydrogen (secondary N) is 3. The van der Waals surface area contributed by atoms with E-state index in [0.29, 0.717) is 18.9 Å². The van der Waals surface area contributed by atoms with E-state index in [4.69, 9.17) is 0 Å². The lowest BCUT2D eigenvalue weighted by atomic mass is 10.0. The number of guanidine groups is 1. The fourth-order valence-corrected chi connectivity index (χ4v) is 2.13. The quantitative estimate of drug-likeness (QED) is 0.327. The third kappa shape index (κ3) is 9.10. The zero-order chi connectivity index (χ0) is 17.1. The zero-order valence-corrected chi connectivity index (χ0v) is 17.5. The summed E-state index contributed by atoms with van der Waals surface area (Å²) in [6.45, 7) is 8.43. The first-order valence-electron chi connectivity index (χ1n) is 8.34. The second-order valence-corrected chi connectivity index (χ2v) is 5.79. The maximum absolute atomic E-state index is 11.5. The van der Waals surface area contributed by atoms with Gasteiger partial charge in [-0.2, -0.15) is 0 Å². The van der Waals surface area contributed by atoms with Crippen LogP contribution in [0.15, 0.2) is 29.3 Å². The molecule has 0 spiro atoms. The largest absolute Gasteiger partial charge is 0.356 e. The molecular formula is C18H31IN4O. The number of hydrogen-bond donors (Lipinski definition) is 3. The lowest BCUT2D eigenvalue weighted by molar-refractivity contribution is -0.120. The van der Waals surface area contributed by atoms with E-state index in [1.165, 1.54) is 11.1 Å². The van der Waals surface area contributed by atoms with Gasteiger partial charge in [0.15, 0.2) is 5.96 Å². The highest BCUT2D eigenvalue weighted by atomic mass is 127. The maximum Gasteiger partial charge on any atom is 0.221 e. The fourth-order valence-electron chi connectivity index (χ4n) is 2.13. The molecule has 1 unspecified atom stereocenters. The van der Waals surface area contributed by atoms with E-state index in [1.54, 1.807) is 7.05 Å². The van der Waals surface area contributed by atoms with Crippen molar-refractivity contribution in [2.75, 3.05) is 26.7 Å². The molecule has 5 nitrogen and oxygen atoms in total. The minimum absolute atomic E-state index is 0. The summed E-state index contributed by atoms with van der Waals surface area (Å²) in [5, 5.41) is 9.34. The second kappa shape index (κ2) is 13.0. The molecule has 0 aliphatic heterocycles. The summed E-state index contributed by atoms with van der Waals surface area (Å²) in [5.74, 6) is 1.19. The average Bonchev–Trinajstić information content (AvgIpc) is 2.56. The molecule has 0 fully saturated rings. The van der Waals surface area contributed by atoms with Gasteiger partial charge in [-0.3, -0.25) is 9.79 Å². The molecule has 6 heteroatoms. The summed E-state index contributed by atoms with van der Waals surface area (Å²) >= 11 is 0. The standard InChI is InChI=1S/C18H30N4O.HI/c1-5-11-20-17(23)10-12-21-18(19-4)22-13-15(3)16-8-6-14(2)7-9-16;/h6-9,15H,5,10-13H2,1-4H3,(H,20,23)(H2,19,21,22);1H. The third-order valence-corrected chi connectivity index (χ3v) is 3.66. The number of aliphatic imine (C=N–C) groups is 1. The Kier molecular flexibility index (Phi) is 12.3. The number of hydrogen-bond acceptors (Lipinski definition) is 2. The van der Waals surface area contributed by atoms with E-state index >= 15 is 0 Å². The van der Waals surface area contributed by atoms with E-state index in [9.17, 15) is 4.79 Å². The van der Waals surface area contributed by atoms with E-state index in [1.807, 2.05) is 6.92 Å². The van der Waals surface area contributed by atoms with Gasteiger partial charge in [0.2, 0.25) is 5.91 Å².